The number of rotatable bonds is 5. The molecule has 1 heterocycles. The molecular formula is C20H24N4O. The van der Waals surface area contributed by atoms with Crippen molar-refractivity contribution in [3.8, 4) is 0 Å². The van der Waals surface area contributed by atoms with E-state index in [4.69, 9.17) is 5.41 Å². The maximum atomic E-state index is 12.0. The summed E-state index contributed by atoms with van der Waals surface area (Å²) in [6.45, 7) is 1.92. The molecule has 0 aliphatic carbocycles. The quantitative estimate of drug-likeness (QED) is 0.576. The summed E-state index contributed by atoms with van der Waals surface area (Å²) in [6.07, 6.45) is 3.47. The molecule has 0 atom stereocenters. The molecule has 25 heavy (non-hydrogen) atoms. The van der Waals surface area contributed by atoms with E-state index in [1.54, 1.807) is 0 Å². The van der Waals surface area contributed by atoms with E-state index in [0.717, 1.165) is 42.9 Å². The maximum Gasteiger partial charge on any atom is 0.224 e. The molecule has 1 fully saturated rings. The second-order valence-electron chi connectivity index (χ2n) is 6.28. The lowest BCUT2D eigenvalue weighted by molar-refractivity contribution is -0.116. The van der Waals surface area contributed by atoms with Crippen LogP contribution in [0.2, 0.25) is 0 Å². The van der Waals surface area contributed by atoms with Crippen LogP contribution in [0.5, 0.6) is 0 Å². The van der Waals surface area contributed by atoms with Gasteiger partial charge in [0.2, 0.25) is 5.91 Å². The number of para-hydroxylation sites is 1. The van der Waals surface area contributed by atoms with E-state index in [0.29, 0.717) is 18.8 Å². The minimum Gasteiger partial charge on any atom is -0.343 e. The maximum absolute atomic E-state index is 12.0. The molecule has 0 saturated carbocycles. The zero-order chi connectivity index (χ0) is 17.5. The van der Waals surface area contributed by atoms with Crippen LogP contribution in [0.3, 0.4) is 0 Å². The van der Waals surface area contributed by atoms with Crippen molar-refractivity contribution in [3.63, 3.8) is 0 Å². The molecule has 1 saturated heterocycles. The molecule has 5 heteroatoms. The van der Waals surface area contributed by atoms with Gasteiger partial charge in [0.05, 0.1) is 0 Å². The van der Waals surface area contributed by atoms with E-state index < -0.39 is 0 Å². The van der Waals surface area contributed by atoms with Gasteiger partial charge in [0.1, 0.15) is 0 Å². The largest absolute Gasteiger partial charge is 0.343 e. The van der Waals surface area contributed by atoms with E-state index in [1.807, 2.05) is 54.6 Å². The molecule has 5 nitrogen and oxygen atoms in total. The second kappa shape index (κ2) is 8.33. The Hall–Kier alpha value is -2.82. The van der Waals surface area contributed by atoms with E-state index in [2.05, 4.69) is 15.5 Å². The zero-order valence-electron chi connectivity index (χ0n) is 14.3. The number of guanidine groups is 1. The van der Waals surface area contributed by atoms with Crippen LogP contribution in [-0.4, -0.2) is 29.9 Å². The average Bonchev–Trinajstić information content (AvgIpc) is 3.17. The Labute approximate surface area is 148 Å². The Morgan fingerprint density at radius 3 is 2.24 bits per heavy atom. The molecule has 0 unspecified atom stereocenters. The molecule has 3 N–H and O–H groups in total. The first-order chi connectivity index (χ1) is 12.2. The van der Waals surface area contributed by atoms with Crippen molar-refractivity contribution in [2.24, 2.45) is 0 Å². The lowest BCUT2D eigenvalue weighted by Crippen LogP contribution is -2.32. The average molecular weight is 336 g/mol. The van der Waals surface area contributed by atoms with Gasteiger partial charge in [0, 0.05) is 30.9 Å². The van der Waals surface area contributed by atoms with Gasteiger partial charge in [-0.15, -0.1) is 0 Å². The summed E-state index contributed by atoms with van der Waals surface area (Å²) in [6, 6.07) is 17.5. The highest BCUT2D eigenvalue weighted by Gasteiger charge is 2.14. The van der Waals surface area contributed by atoms with Gasteiger partial charge in [-0.3, -0.25) is 10.2 Å². The van der Waals surface area contributed by atoms with Gasteiger partial charge in [-0.2, -0.15) is 0 Å². The van der Waals surface area contributed by atoms with E-state index in [9.17, 15) is 4.79 Å². The topological polar surface area (TPSA) is 68.2 Å². The first-order valence-electron chi connectivity index (χ1n) is 8.75. The summed E-state index contributed by atoms with van der Waals surface area (Å²) in [7, 11) is 0. The van der Waals surface area contributed by atoms with Gasteiger partial charge in [-0.1, -0.05) is 30.3 Å². The minimum absolute atomic E-state index is 0.0178. The third-order valence-corrected chi connectivity index (χ3v) is 4.34. The van der Waals surface area contributed by atoms with Gasteiger partial charge < -0.3 is 15.5 Å². The third kappa shape index (κ3) is 5.08. The van der Waals surface area contributed by atoms with Gasteiger partial charge in [-0.25, -0.2) is 0 Å². The van der Waals surface area contributed by atoms with E-state index >= 15 is 0 Å². The highest BCUT2D eigenvalue weighted by atomic mass is 16.1. The summed E-state index contributed by atoms with van der Waals surface area (Å²) < 4.78 is 0. The fraction of sp³-hybridized carbons (Fsp3) is 0.300. The minimum atomic E-state index is 0.0178. The number of benzene rings is 2. The first kappa shape index (κ1) is 17.0. The normalized spacial score (nSPS) is 13.5. The molecule has 1 aliphatic rings. The Kier molecular flexibility index (Phi) is 5.67. The predicted molar refractivity (Wildman–Crippen MR) is 102 cm³/mol. The molecule has 0 spiro atoms. The van der Waals surface area contributed by atoms with Crippen LogP contribution in [0.4, 0.5) is 11.4 Å². The van der Waals surface area contributed by atoms with Crippen LogP contribution in [-0.2, 0) is 11.2 Å². The van der Waals surface area contributed by atoms with Crippen LogP contribution < -0.4 is 10.6 Å². The molecule has 0 radical (unpaired) electrons. The molecule has 0 aromatic heterocycles. The third-order valence-electron chi connectivity index (χ3n) is 4.34. The Morgan fingerprint density at radius 1 is 0.920 bits per heavy atom. The van der Waals surface area contributed by atoms with E-state index in [1.165, 1.54) is 0 Å². The summed E-state index contributed by atoms with van der Waals surface area (Å²) in [5.74, 6) is 0.483. The fourth-order valence-corrected chi connectivity index (χ4v) is 2.91. The number of hydrogen-bond donors (Lipinski definition) is 3. The lowest BCUT2D eigenvalue weighted by atomic mass is 10.1. The molecular weight excluding hydrogens is 312 g/mol. The second-order valence-corrected chi connectivity index (χ2v) is 6.28. The number of amides is 1. The Morgan fingerprint density at radius 2 is 1.56 bits per heavy atom. The van der Waals surface area contributed by atoms with Crippen LogP contribution in [0.1, 0.15) is 24.8 Å². The number of nitrogens with zero attached hydrogens (tertiary/aromatic N) is 1. The molecule has 3 rings (SSSR count). The molecule has 2 aromatic rings. The number of aryl methyl sites for hydroxylation is 1. The van der Waals surface area contributed by atoms with Gasteiger partial charge >= 0.3 is 0 Å². The molecule has 1 aliphatic heterocycles. The standard InChI is InChI=1S/C20H24N4O/c21-20(24-14-4-5-15-24)23-18-11-8-16(9-12-18)10-13-19(25)22-17-6-2-1-3-7-17/h1-3,6-9,11-12H,4-5,10,13-15H2,(H2,21,23)(H,22,25). The molecule has 1 amide bonds. The number of carbonyl (C=O) groups excluding carboxylic acids is 1. The Bertz CT molecular complexity index is 706. The van der Waals surface area contributed by atoms with Gasteiger partial charge in [0.25, 0.3) is 0 Å². The van der Waals surface area contributed by atoms with Crippen molar-refractivity contribution >= 4 is 23.2 Å². The number of likely N-dealkylation sites (tertiary alicyclic amines) is 1. The van der Waals surface area contributed by atoms with Crippen molar-refractivity contribution in [2.45, 2.75) is 25.7 Å². The highest BCUT2D eigenvalue weighted by Crippen LogP contribution is 2.14. The number of carbonyl (C=O) groups is 1. The van der Waals surface area contributed by atoms with Crippen molar-refractivity contribution in [1.82, 2.24) is 4.90 Å². The van der Waals surface area contributed by atoms with E-state index in [-0.39, 0.29) is 5.91 Å². The fourth-order valence-electron chi connectivity index (χ4n) is 2.91. The number of hydrogen-bond acceptors (Lipinski definition) is 2. The summed E-state index contributed by atoms with van der Waals surface area (Å²) >= 11 is 0. The predicted octanol–water partition coefficient (Wildman–Crippen LogP) is 3.70. The molecule has 0 bridgehead atoms. The van der Waals surface area contributed by atoms with Crippen LogP contribution in [0, 0.1) is 5.41 Å². The van der Waals surface area contributed by atoms with Gasteiger partial charge in [-0.05, 0) is 49.1 Å². The lowest BCUT2D eigenvalue weighted by Gasteiger charge is -2.19. The SMILES string of the molecule is N=C(Nc1ccc(CCC(=O)Nc2ccccc2)cc1)N1CCCC1. The summed E-state index contributed by atoms with van der Waals surface area (Å²) in [4.78, 5) is 14.0. The van der Waals surface area contributed by atoms with Crippen molar-refractivity contribution < 1.29 is 4.79 Å². The number of anilines is 2. The molecule has 2 aromatic carbocycles. The van der Waals surface area contributed by atoms with Gasteiger partial charge in [0.15, 0.2) is 5.96 Å². The summed E-state index contributed by atoms with van der Waals surface area (Å²) in [5.41, 5.74) is 2.85. The van der Waals surface area contributed by atoms with Crippen molar-refractivity contribution in [2.75, 3.05) is 23.7 Å². The van der Waals surface area contributed by atoms with Crippen LogP contribution in [0.15, 0.2) is 54.6 Å². The van der Waals surface area contributed by atoms with Crippen molar-refractivity contribution in [1.29, 1.82) is 5.41 Å². The molecule has 130 valence electrons. The van der Waals surface area contributed by atoms with Crippen LogP contribution in [0.25, 0.3) is 0 Å². The first-order valence-corrected chi connectivity index (χ1v) is 8.75. The zero-order valence-corrected chi connectivity index (χ0v) is 14.3. The highest BCUT2D eigenvalue weighted by molar-refractivity contribution is 5.91. The monoisotopic (exact) mass is 336 g/mol. The van der Waals surface area contributed by atoms with Crippen molar-refractivity contribution in [3.05, 3.63) is 60.2 Å². The smallest absolute Gasteiger partial charge is 0.224 e. The van der Waals surface area contributed by atoms with Crippen LogP contribution >= 0.6 is 0 Å². The Balaban J connectivity index is 1.45. The summed E-state index contributed by atoms with van der Waals surface area (Å²) in [5, 5.41) is 14.1. The number of nitrogens with one attached hydrogen (secondary N) is 3.